The number of amides is 1. The molecule has 1 N–H and O–H groups in total. The highest BCUT2D eigenvalue weighted by molar-refractivity contribution is 7.99. The number of para-hydroxylation sites is 1. The van der Waals surface area contributed by atoms with E-state index in [-0.39, 0.29) is 17.7 Å². The fraction of sp³-hybridized carbons (Fsp3) is 0.174. The molecule has 0 aliphatic heterocycles. The maximum atomic E-state index is 13.0. The predicted octanol–water partition coefficient (Wildman–Crippen LogP) is 3.32. The van der Waals surface area contributed by atoms with Crippen LogP contribution in [-0.2, 0) is 11.8 Å². The lowest BCUT2D eigenvalue weighted by atomic mass is 10.1. The normalized spacial score (nSPS) is 12.3. The number of hydrogen-bond acceptors (Lipinski definition) is 6. The number of aryl methyl sites for hydroxylation is 2. The molecule has 32 heavy (non-hydrogen) atoms. The van der Waals surface area contributed by atoms with E-state index in [2.05, 4.69) is 20.4 Å². The second-order valence-electron chi connectivity index (χ2n) is 7.40. The summed E-state index contributed by atoms with van der Waals surface area (Å²) in [6.07, 6.45) is 3.60. The first-order valence-corrected chi connectivity index (χ1v) is 11.1. The van der Waals surface area contributed by atoms with Crippen LogP contribution < -0.4 is 5.32 Å². The van der Waals surface area contributed by atoms with Gasteiger partial charge in [0.2, 0.25) is 5.91 Å². The minimum atomic E-state index is -0.345. The third-order valence-electron chi connectivity index (χ3n) is 5.14. The van der Waals surface area contributed by atoms with Gasteiger partial charge in [-0.2, -0.15) is 4.52 Å². The fourth-order valence-electron chi connectivity index (χ4n) is 3.66. The number of fused-ring (bicyclic) bond motifs is 3. The van der Waals surface area contributed by atoms with Crippen LogP contribution in [0, 0.1) is 6.92 Å². The molecule has 0 spiro atoms. The van der Waals surface area contributed by atoms with Crippen LogP contribution >= 0.6 is 11.8 Å². The van der Waals surface area contributed by atoms with Gasteiger partial charge in [0.1, 0.15) is 17.7 Å². The van der Waals surface area contributed by atoms with Gasteiger partial charge >= 0.3 is 0 Å². The highest BCUT2D eigenvalue weighted by Gasteiger charge is 2.21. The van der Waals surface area contributed by atoms with E-state index in [0.717, 1.165) is 27.9 Å². The summed E-state index contributed by atoms with van der Waals surface area (Å²) in [5, 5.41) is 9.16. The number of hydrogen-bond donors (Lipinski definition) is 1. The molecule has 1 atom stereocenters. The summed E-state index contributed by atoms with van der Waals surface area (Å²) < 4.78 is 3.63. The SMILES string of the molecule is Cc1nc2c3ccccc3nc(SCC(=O)N[C@H](c3ccccc3)c3nccn3C)n2n1. The quantitative estimate of drug-likeness (QED) is 0.320. The molecule has 9 heteroatoms. The van der Waals surface area contributed by atoms with Crippen molar-refractivity contribution in [3.63, 3.8) is 0 Å². The van der Waals surface area contributed by atoms with Crippen molar-refractivity contribution >= 4 is 34.2 Å². The molecule has 2 aromatic carbocycles. The van der Waals surface area contributed by atoms with Gasteiger partial charge in [0.05, 0.1) is 11.3 Å². The molecule has 3 heterocycles. The van der Waals surface area contributed by atoms with Crippen LogP contribution in [0.5, 0.6) is 0 Å². The number of carbonyl (C=O) groups is 1. The standard InChI is InChI=1S/C23H21N7OS/c1-15-25-21-17-10-6-7-11-18(17)26-23(30(21)28-15)32-14-19(31)27-20(16-8-4-3-5-9-16)22-24-12-13-29(22)2/h3-13,20H,14H2,1-2H3,(H,27,31)/t20-/m1/s1. The Hall–Kier alpha value is -3.72. The highest BCUT2D eigenvalue weighted by atomic mass is 32.2. The first kappa shape index (κ1) is 20.2. The van der Waals surface area contributed by atoms with Gasteiger partial charge in [-0.25, -0.2) is 15.0 Å². The van der Waals surface area contributed by atoms with Crippen LogP contribution in [0.25, 0.3) is 16.6 Å². The van der Waals surface area contributed by atoms with Crippen LogP contribution in [-0.4, -0.2) is 40.8 Å². The van der Waals surface area contributed by atoms with Crippen LogP contribution in [0.2, 0.25) is 0 Å². The van der Waals surface area contributed by atoms with Gasteiger partial charge in [-0.05, 0) is 24.6 Å². The molecule has 0 saturated heterocycles. The lowest BCUT2D eigenvalue weighted by Gasteiger charge is -2.19. The van der Waals surface area contributed by atoms with Crippen LogP contribution in [0.4, 0.5) is 0 Å². The Labute approximate surface area is 188 Å². The van der Waals surface area contributed by atoms with Gasteiger partial charge < -0.3 is 9.88 Å². The van der Waals surface area contributed by atoms with Crippen LogP contribution in [0.15, 0.2) is 72.1 Å². The number of nitrogens with zero attached hydrogens (tertiary/aromatic N) is 6. The average molecular weight is 444 g/mol. The second-order valence-corrected chi connectivity index (χ2v) is 8.34. The Bertz CT molecular complexity index is 1410. The highest BCUT2D eigenvalue weighted by Crippen LogP contribution is 2.25. The Balaban J connectivity index is 1.40. The molecule has 0 aliphatic rings. The van der Waals surface area contributed by atoms with Crippen LogP contribution in [0.3, 0.4) is 0 Å². The summed E-state index contributed by atoms with van der Waals surface area (Å²) in [6.45, 7) is 1.85. The summed E-state index contributed by atoms with van der Waals surface area (Å²) in [7, 11) is 1.92. The van der Waals surface area contributed by atoms with E-state index in [1.54, 1.807) is 10.7 Å². The topological polar surface area (TPSA) is 90.0 Å². The van der Waals surface area contributed by atoms with Crippen molar-refractivity contribution < 1.29 is 4.79 Å². The second kappa shape index (κ2) is 8.43. The van der Waals surface area contributed by atoms with Gasteiger partial charge in [0.25, 0.3) is 0 Å². The van der Waals surface area contributed by atoms with Crippen molar-refractivity contribution in [3.8, 4) is 0 Å². The minimum absolute atomic E-state index is 0.119. The van der Waals surface area contributed by atoms with E-state index in [1.807, 2.05) is 79.3 Å². The van der Waals surface area contributed by atoms with E-state index in [4.69, 9.17) is 4.98 Å². The van der Waals surface area contributed by atoms with Gasteiger partial charge in [-0.1, -0.05) is 54.2 Å². The van der Waals surface area contributed by atoms with E-state index < -0.39 is 0 Å². The zero-order valence-electron chi connectivity index (χ0n) is 17.6. The molecule has 0 bridgehead atoms. The Morgan fingerprint density at radius 2 is 1.88 bits per heavy atom. The Morgan fingerprint density at radius 3 is 2.66 bits per heavy atom. The van der Waals surface area contributed by atoms with Crippen molar-refractivity contribution in [1.29, 1.82) is 0 Å². The number of imidazole rings is 1. The first-order valence-electron chi connectivity index (χ1n) is 10.2. The van der Waals surface area contributed by atoms with Gasteiger partial charge in [-0.3, -0.25) is 4.79 Å². The third-order valence-corrected chi connectivity index (χ3v) is 6.07. The lowest BCUT2D eigenvalue weighted by Crippen LogP contribution is -2.32. The molecule has 3 aromatic heterocycles. The van der Waals surface area contributed by atoms with E-state index in [1.165, 1.54) is 11.8 Å². The molecule has 0 aliphatic carbocycles. The summed E-state index contributed by atoms with van der Waals surface area (Å²) in [4.78, 5) is 26.7. The summed E-state index contributed by atoms with van der Waals surface area (Å²) >= 11 is 1.33. The molecule has 0 unspecified atom stereocenters. The van der Waals surface area contributed by atoms with Gasteiger partial charge in [0, 0.05) is 24.8 Å². The average Bonchev–Trinajstić information content (AvgIpc) is 3.41. The van der Waals surface area contributed by atoms with Crippen molar-refractivity contribution in [2.75, 3.05) is 5.75 Å². The van der Waals surface area contributed by atoms with Gasteiger partial charge in [0.15, 0.2) is 10.8 Å². The summed E-state index contributed by atoms with van der Waals surface area (Å²) in [5.41, 5.74) is 2.54. The number of thioether (sulfide) groups is 1. The van der Waals surface area contributed by atoms with Crippen LogP contribution in [0.1, 0.15) is 23.3 Å². The molecular formula is C23H21N7OS. The fourth-order valence-corrected chi connectivity index (χ4v) is 4.41. The third kappa shape index (κ3) is 3.82. The number of aromatic nitrogens is 6. The Kier molecular flexibility index (Phi) is 5.32. The smallest absolute Gasteiger partial charge is 0.231 e. The minimum Gasteiger partial charge on any atom is -0.341 e. The van der Waals surface area contributed by atoms with Crippen molar-refractivity contribution in [2.24, 2.45) is 7.05 Å². The van der Waals surface area contributed by atoms with E-state index in [0.29, 0.717) is 11.0 Å². The molecule has 5 rings (SSSR count). The molecule has 1 amide bonds. The zero-order chi connectivity index (χ0) is 22.1. The zero-order valence-corrected chi connectivity index (χ0v) is 18.5. The monoisotopic (exact) mass is 443 g/mol. The molecule has 0 fully saturated rings. The maximum absolute atomic E-state index is 13.0. The first-order chi connectivity index (χ1) is 15.6. The number of benzene rings is 2. The van der Waals surface area contributed by atoms with Crippen molar-refractivity contribution in [3.05, 3.63) is 84.2 Å². The lowest BCUT2D eigenvalue weighted by molar-refractivity contribution is -0.119. The number of rotatable bonds is 6. The molecule has 160 valence electrons. The Morgan fingerprint density at radius 1 is 1.09 bits per heavy atom. The molecule has 0 radical (unpaired) electrons. The molecule has 0 saturated carbocycles. The molecular weight excluding hydrogens is 422 g/mol. The number of nitrogens with one attached hydrogen (secondary N) is 1. The van der Waals surface area contributed by atoms with Crippen molar-refractivity contribution in [1.82, 2.24) is 34.4 Å². The molecule has 5 aromatic rings. The number of carbonyl (C=O) groups excluding carboxylic acids is 1. The van der Waals surface area contributed by atoms with Crippen molar-refractivity contribution in [2.45, 2.75) is 18.1 Å². The summed E-state index contributed by atoms with van der Waals surface area (Å²) in [5.74, 6) is 1.50. The maximum Gasteiger partial charge on any atom is 0.231 e. The predicted molar refractivity (Wildman–Crippen MR) is 123 cm³/mol. The largest absolute Gasteiger partial charge is 0.341 e. The van der Waals surface area contributed by atoms with E-state index in [9.17, 15) is 4.79 Å². The van der Waals surface area contributed by atoms with E-state index >= 15 is 0 Å². The van der Waals surface area contributed by atoms with Gasteiger partial charge in [-0.15, -0.1) is 5.10 Å². The summed E-state index contributed by atoms with van der Waals surface area (Å²) in [6, 6.07) is 17.3. The molecule has 8 nitrogen and oxygen atoms in total.